The van der Waals surface area contributed by atoms with E-state index >= 15 is 0 Å². The van der Waals surface area contributed by atoms with Crippen LogP contribution in [0.5, 0.6) is 6.01 Å². The van der Waals surface area contributed by atoms with Gasteiger partial charge in [-0.15, -0.1) is 0 Å². The summed E-state index contributed by atoms with van der Waals surface area (Å²) < 4.78 is 5.61. The number of hydrogen-bond acceptors (Lipinski definition) is 5. The van der Waals surface area contributed by atoms with Crippen molar-refractivity contribution in [3.8, 4) is 6.01 Å². The van der Waals surface area contributed by atoms with Crippen LogP contribution in [0.2, 0.25) is 10.6 Å². The molecule has 16 heavy (non-hydrogen) atoms. The van der Waals surface area contributed by atoms with Crippen molar-refractivity contribution < 1.29 is 4.74 Å². The first-order chi connectivity index (χ1) is 7.63. The van der Waals surface area contributed by atoms with Gasteiger partial charge in [-0.25, -0.2) is 0 Å². The molecule has 2 heterocycles. The zero-order valence-electron chi connectivity index (χ0n) is 8.86. The first-order valence-corrected chi connectivity index (χ1v) is 5.81. The van der Waals surface area contributed by atoms with E-state index in [9.17, 15) is 0 Å². The molecule has 1 fully saturated rings. The summed E-state index contributed by atoms with van der Waals surface area (Å²) in [6.07, 6.45) is 2.04. The molecule has 0 bridgehead atoms. The first-order valence-electron chi connectivity index (χ1n) is 5.06. The minimum absolute atomic E-state index is 0.0583. The number of rotatable bonds is 2. The molecule has 0 N–H and O–H groups in total. The molecule has 1 aromatic rings. The van der Waals surface area contributed by atoms with Crippen LogP contribution in [0, 0.1) is 0 Å². The maximum atomic E-state index is 5.66. The van der Waals surface area contributed by atoms with Crippen LogP contribution in [-0.4, -0.2) is 46.1 Å². The van der Waals surface area contributed by atoms with Crippen LogP contribution in [0.25, 0.3) is 0 Å². The van der Waals surface area contributed by atoms with Crippen LogP contribution >= 0.6 is 23.2 Å². The largest absolute Gasteiger partial charge is 0.460 e. The Morgan fingerprint density at radius 3 is 2.25 bits per heavy atom. The fourth-order valence-electron chi connectivity index (χ4n) is 1.61. The summed E-state index contributed by atoms with van der Waals surface area (Å²) in [5, 5.41) is 0.117. The molecular formula is C9H12Cl2N4O. The molecule has 1 saturated heterocycles. The molecule has 0 aromatic carbocycles. The Balaban J connectivity index is 1.98. The van der Waals surface area contributed by atoms with Gasteiger partial charge in [-0.3, -0.25) is 0 Å². The molecule has 5 nitrogen and oxygen atoms in total. The van der Waals surface area contributed by atoms with Crippen LogP contribution < -0.4 is 4.74 Å². The molecule has 0 unspecified atom stereocenters. The third-order valence-electron chi connectivity index (χ3n) is 2.50. The zero-order valence-corrected chi connectivity index (χ0v) is 10.4. The van der Waals surface area contributed by atoms with Crippen molar-refractivity contribution in [2.24, 2.45) is 0 Å². The summed E-state index contributed by atoms with van der Waals surface area (Å²) in [4.78, 5) is 13.7. The smallest absolute Gasteiger partial charge is 0.322 e. The van der Waals surface area contributed by atoms with Crippen molar-refractivity contribution in [2.45, 2.75) is 18.9 Å². The number of aromatic nitrogens is 3. The lowest BCUT2D eigenvalue weighted by molar-refractivity contribution is 0.105. The Kier molecular flexibility index (Phi) is 3.78. The first kappa shape index (κ1) is 11.8. The molecule has 88 valence electrons. The highest BCUT2D eigenvalue weighted by Crippen LogP contribution is 2.17. The van der Waals surface area contributed by atoms with Crippen molar-refractivity contribution in [1.82, 2.24) is 19.9 Å². The van der Waals surface area contributed by atoms with Gasteiger partial charge in [0.05, 0.1) is 0 Å². The average Bonchev–Trinajstić information content (AvgIpc) is 2.20. The number of nitrogens with zero attached hydrogens (tertiary/aromatic N) is 4. The van der Waals surface area contributed by atoms with Gasteiger partial charge in [0.25, 0.3) is 0 Å². The van der Waals surface area contributed by atoms with Crippen molar-refractivity contribution >= 4 is 23.2 Å². The fraction of sp³-hybridized carbons (Fsp3) is 0.667. The van der Waals surface area contributed by atoms with Crippen molar-refractivity contribution in [1.29, 1.82) is 0 Å². The molecule has 0 amide bonds. The van der Waals surface area contributed by atoms with E-state index < -0.39 is 0 Å². The van der Waals surface area contributed by atoms with E-state index in [0.717, 1.165) is 25.9 Å². The molecule has 0 atom stereocenters. The highest BCUT2D eigenvalue weighted by Gasteiger charge is 2.19. The molecule has 2 rings (SSSR count). The van der Waals surface area contributed by atoms with Crippen LogP contribution in [0.4, 0.5) is 0 Å². The van der Waals surface area contributed by atoms with E-state index in [1.54, 1.807) is 0 Å². The second-order valence-corrected chi connectivity index (χ2v) is 4.45. The van der Waals surface area contributed by atoms with Crippen LogP contribution in [0.15, 0.2) is 0 Å². The Morgan fingerprint density at radius 2 is 1.69 bits per heavy atom. The Morgan fingerprint density at radius 1 is 1.12 bits per heavy atom. The van der Waals surface area contributed by atoms with E-state index in [1.807, 2.05) is 0 Å². The Bertz CT molecular complexity index is 348. The van der Waals surface area contributed by atoms with Gasteiger partial charge in [0.1, 0.15) is 6.10 Å². The second-order valence-electron chi connectivity index (χ2n) is 3.78. The maximum absolute atomic E-state index is 5.66. The highest BCUT2D eigenvalue weighted by molar-refractivity contribution is 6.31. The molecule has 0 radical (unpaired) electrons. The van der Waals surface area contributed by atoms with E-state index in [-0.39, 0.29) is 22.7 Å². The summed E-state index contributed by atoms with van der Waals surface area (Å²) in [6, 6.07) is 0.208. The quantitative estimate of drug-likeness (QED) is 0.812. The Labute approximate surface area is 104 Å². The minimum Gasteiger partial charge on any atom is -0.460 e. The predicted octanol–water partition coefficient (Wildman–Crippen LogP) is 1.65. The van der Waals surface area contributed by atoms with Gasteiger partial charge in [-0.05, 0) is 43.1 Å². The number of ether oxygens (including phenoxy) is 1. The summed E-state index contributed by atoms with van der Waals surface area (Å²) in [6.45, 7) is 2.02. The zero-order chi connectivity index (χ0) is 11.5. The van der Waals surface area contributed by atoms with Gasteiger partial charge in [0, 0.05) is 13.1 Å². The third-order valence-corrected chi connectivity index (χ3v) is 2.84. The van der Waals surface area contributed by atoms with Gasteiger partial charge in [0.2, 0.25) is 10.6 Å². The van der Waals surface area contributed by atoms with E-state index in [4.69, 9.17) is 27.9 Å². The second kappa shape index (κ2) is 5.12. The van der Waals surface area contributed by atoms with Gasteiger partial charge in [-0.2, -0.15) is 15.0 Å². The summed E-state index contributed by atoms with van der Waals surface area (Å²) in [5.41, 5.74) is 0. The molecule has 0 aliphatic carbocycles. The van der Waals surface area contributed by atoms with Crippen LogP contribution in [0.1, 0.15) is 12.8 Å². The number of likely N-dealkylation sites (tertiary alicyclic amines) is 1. The van der Waals surface area contributed by atoms with Crippen molar-refractivity contribution in [2.75, 3.05) is 20.1 Å². The Hall–Kier alpha value is -0.650. The molecule has 7 heteroatoms. The SMILES string of the molecule is CN1CCC(Oc2nc(Cl)nc(Cl)n2)CC1. The van der Waals surface area contributed by atoms with E-state index in [0.29, 0.717) is 0 Å². The highest BCUT2D eigenvalue weighted by atomic mass is 35.5. The lowest BCUT2D eigenvalue weighted by Gasteiger charge is -2.28. The molecule has 0 spiro atoms. The molecule has 0 saturated carbocycles. The molecule has 1 aliphatic heterocycles. The van der Waals surface area contributed by atoms with Crippen molar-refractivity contribution in [3.63, 3.8) is 0 Å². The lowest BCUT2D eigenvalue weighted by Crippen LogP contribution is -2.36. The number of hydrogen-bond donors (Lipinski definition) is 0. The van der Waals surface area contributed by atoms with Gasteiger partial charge in [0.15, 0.2) is 0 Å². The molecule has 1 aromatic heterocycles. The fourth-order valence-corrected chi connectivity index (χ4v) is 1.96. The van der Waals surface area contributed by atoms with Gasteiger partial charge >= 0.3 is 6.01 Å². The average molecular weight is 263 g/mol. The standard InChI is InChI=1S/C9H12Cl2N4O/c1-15-4-2-6(3-5-15)16-9-13-7(10)12-8(11)14-9/h6H,2-5H2,1H3. The normalized spacial score (nSPS) is 18.7. The topological polar surface area (TPSA) is 51.1 Å². The summed E-state index contributed by atoms with van der Waals surface area (Å²) in [5.74, 6) is 0. The third kappa shape index (κ3) is 3.17. The molecular weight excluding hydrogens is 251 g/mol. The minimum atomic E-state index is 0.0583. The van der Waals surface area contributed by atoms with E-state index in [1.165, 1.54) is 0 Å². The van der Waals surface area contributed by atoms with Crippen LogP contribution in [-0.2, 0) is 0 Å². The van der Waals surface area contributed by atoms with Crippen LogP contribution in [0.3, 0.4) is 0 Å². The van der Waals surface area contributed by atoms with Crippen molar-refractivity contribution in [3.05, 3.63) is 10.6 Å². The number of piperidine rings is 1. The number of halogens is 2. The summed E-state index contributed by atoms with van der Waals surface area (Å²) >= 11 is 11.3. The predicted molar refractivity (Wildman–Crippen MR) is 61.0 cm³/mol. The monoisotopic (exact) mass is 262 g/mol. The van der Waals surface area contributed by atoms with Gasteiger partial charge < -0.3 is 9.64 Å². The van der Waals surface area contributed by atoms with Gasteiger partial charge in [-0.1, -0.05) is 0 Å². The van der Waals surface area contributed by atoms with E-state index in [2.05, 4.69) is 26.9 Å². The lowest BCUT2D eigenvalue weighted by atomic mass is 10.1. The summed E-state index contributed by atoms with van der Waals surface area (Å²) in [7, 11) is 2.09. The maximum Gasteiger partial charge on any atom is 0.322 e. The molecule has 1 aliphatic rings.